The van der Waals surface area contributed by atoms with Crippen LogP contribution >= 0.6 is 0 Å². The third kappa shape index (κ3) is 29.4. The van der Waals surface area contributed by atoms with Gasteiger partial charge in [-0.2, -0.15) is 0 Å². The van der Waals surface area contributed by atoms with Crippen LogP contribution in [0.25, 0.3) is 0 Å². The first-order valence-electron chi connectivity index (χ1n) is 15.7. The molecular weight excluding hydrogens is 532 g/mol. The Morgan fingerprint density at radius 3 is 0.683 bits per heavy atom. The van der Waals surface area contributed by atoms with Gasteiger partial charge in [0, 0.05) is 79.3 Å². The van der Waals surface area contributed by atoms with Crippen molar-refractivity contribution < 1.29 is 37.9 Å². The summed E-state index contributed by atoms with van der Waals surface area (Å²) in [5.41, 5.74) is 21.6. The van der Waals surface area contributed by atoms with E-state index < -0.39 is 5.41 Å². The van der Waals surface area contributed by atoms with E-state index in [2.05, 4.69) is 0 Å². The maximum Gasteiger partial charge on any atom is 0.0637 e. The molecule has 12 heteroatoms. The first kappa shape index (κ1) is 40.5. The van der Waals surface area contributed by atoms with Crippen LogP contribution in [0.5, 0.6) is 0 Å². The van der Waals surface area contributed by atoms with Crippen molar-refractivity contribution >= 4 is 0 Å². The van der Waals surface area contributed by atoms with Crippen molar-refractivity contribution in [2.45, 2.75) is 51.4 Å². The molecule has 0 rings (SSSR count). The Kier molecular flexibility index (Phi) is 33.6. The number of rotatable bonds is 36. The van der Waals surface area contributed by atoms with Crippen LogP contribution in [0.4, 0.5) is 0 Å². The highest BCUT2D eigenvalue weighted by Gasteiger charge is 2.32. The van der Waals surface area contributed by atoms with Crippen molar-refractivity contribution in [2.24, 2.45) is 28.3 Å². The van der Waals surface area contributed by atoms with Gasteiger partial charge >= 0.3 is 0 Å². The second-order valence-electron chi connectivity index (χ2n) is 10.1. The molecule has 41 heavy (non-hydrogen) atoms. The van der Waals surface area contributed by atoms with E-state index >= 15 is 0 Å². The van der Waals surface area contributed by atoms with Crippen LogP contribution in [0.15, 0.2) is 0 Å². The quantitative estimate of drug-likeness (QED) is 0.0757. The van der Waals surface area contributed by atoms with Gasteiger partial charge < -0.3 is 60.8 Å². The van der Waals surface area contributed by atoms with Gasteiger partial charge in [0.1, 0.15) is 0 Å². The van der Waals surface area contributed by atoms with E-state index in [4.69, 9.17) is 60.8 Å². The van der Waals surface area contributed by atoms with Crippen LogP contribution in [0, 0.1) is 5.41 Å². The van der Waals surface area contributed by atoms with Crippen molar-refractivity contribution in [3.8, 4) is 0 Å². The second kappa shape index (κ2) is 34.0. The lowest BCUT2D eigenvalue weighted by Crippen LogP contribution is -2.42. The molecule has 0 saturated heterocycles. The second-order valence-corrected chi connectivity index (χ2v) is 10.1. The maximum atomic E-state index is 6.12. The summed E-state index contributed by atoms with van der Waals surface area (Å²) in [7, 11) is 0. The molecule has 0 aliphatic rings. The first-order valence-corrected chi connectivity index (χ1v) is 15.7. The van der Waals surface area contributed by atoms with Gasteiger partial charge in [0.25, 0.3) is 0 Å². The van der Waals surface area contributed by atoms with Crippen molar-refractivity contribution in [3.63, 3.8) is 0 Å². The Bertz CT molecular complexity index is 412. The summed E-state index contributed by atoms with van der Waals surface area (Å²) in [6.07, 6.45) is 6.70. The Morgan fingerprint density at radius 2 is 0.463 bits per heavy atom. The lowest BCUT2D eigenvalue weighted by atomic mass is 9.92. The van der Waals surface area contributed by atoms with Gasteiger partial charge in [-0.15, -0.1) is 0 Å². The smallest absolute Gasteiger partial charge is 0.0637 e. The van der Waals surface area contributed by atoms with E-state index in [0.29, 0.717) is 132 Å². The molecule has 0 aromatic carbocycles. The van der Waals surface area contributed by atoms with Crippen LogP contribution in [0.2, 0.25) is 0 Å². The Balaban J connectivity index is 4.82. The number of ether oxygens (including phenoxy) is 8. The topological polar surface area (TPSA) is 178 Å². The van der Waals surface area contributed by atoms with Crippen molar-refractivity contribution in [3.05, 3.63) is 0 Å². The minimum atomic E-state index is -0.443. The van der Waals surface area contributed by atoms with Gasteiger partial charge in [0.05, 0.1) is 31.8 Å². The monoisotopic (exact) mass is 596 g/mol. The lowest BCUT2D eigenvalue weighted by Gasteiger charge is -2.33. The number of nitrogens with two attached hydrogens (primary N) is 4. The first-order chi connectivity index (χ1) is 20.2. The van der Waals surface area contributed by atoms with Crippen LogP contribution in [-0.4, -0.2) is 132 Å². The summed E-state index contributed by atoms with van der Waals surface area (Å²) >= 11 is 0. The largest absolute Gasteiger partial charge is 0.381 e. The molecule has 0 bridgehead atoms. The SMILES string of the molecule is NCCCOCCCOCC(COCCCOCCCN)(COCCCOCCCN)COCCCOCCCN. The molecule has 0 amide bonds. The molecule has 12 nitrogen and oxygen atoms in total. The van der Waals surface area contributed by atoms with E-state index in [1.165, 1.54) is 0 Å². The lowest BCUT2D eigenvalue weighted by molar-refractivity contribution is -0.111. The molecular formula is C29H64N4O8. The molecule has 0 heterocycles. The van der Waals surface area contributed by atoms with Crippen molar-refractivity contribution in [1.29, 1.82) is 0 Å². The summed E-state index contributed by atoms with van der Waals surface area (Å²) in [6.45, 7) is 12.0. The third-order valence-electron chi connectivity index (χ3n) is 5.91. The fourth-order valence-electron chi connectivity index (χ4n) is 3.61. The summed E-state index contributed by atoms with van der Waals surface area (Å²) < 4.78 is 46.9. The average molecular weight is 597 g/mol. The van der Waals surface area contributed by atoms with E-state index in [0.717, 1.165) is 51.4 Å². The van der Waals surface area contributed by atoms with Crippen molar-refractivity contribution in [2.75, 3.05) is 132 Å². The predicted octanol–water partition coefficient (Wildman–Crippen LogP) is 1.06. The van der Waals surface area contributed by atoms with Gasteiger partial charge in [-0.3, -0.25) is 0 Å². The van der Waals surface area contributed by atoms with E-state index in [1.54, 1.807) is 0 Å². The van der Waals surface area contributed by atoms with E-state index in [-0.39, 0.29) is 0 Å². The number of hydrogen-bond donors (Lipinski definition) is 4. The highest BCUT2D eigenvalue weighted by atomic mass is 16.5. The summed E-state index contributed by atoms with van der Waals surface area (Å²) in [6, 6.07) is 0. The Morgan fingerprint density at radius 1 is 0.268 bits per heavy atom. The van der Waals surface area contributed by atoms with Gasteiger partial charge in [-0.05, 0) is 77.5 Å². The molecule has 0 aliphatic carbocycles. The highest BCUT2D eigenvalue weighted by Crippen LogP contribution is 2.21. The molecule has 0 unspecified atom stereocenters. The normalized spacial score (nSPS) is 12.0. The maximum absolute atomic E-state index is 6.12. The molecule has 0 radical (unpaired) electrons. The standard InChI is InChI=1S/C29H64N4O8/c30-9-1-13-34-17-5-21-38-25-29(26-39-22-6-18-35-14-2-10-31,27-40-23-7-19-36-15-3-11-32)28-41-24-8-20-37-16-4-12-33/h1-28,30-33H2. The summed E-state index contributed by atoms with van der Waals surface area (Å²) in [5.74, 6) is 0. The van der Waals surface area contributed by atoms with Crippen LogP contribution in [-0.2, 0) is 37.9 Å². The average Bonchev–Trinajstić information content (AvgIpc) is 2.98. The molecule has 0 atom stereocenters. The zero-order valence-electron chi connectivity index (χ0n) is 25.9. The molecule has 0 fully saturated rings. The van der Waals surface area contributed by atoms with Crippen LogP contribution < -0.4 is 22.9 Å². The molecule has 0 aromatic heterocycles. The zero-order valence-corrected chi connectivity index (χ0v) is 25.9. The van der Waals surface area contributed by atoms with Gasteiger partial charge in [-0.1, -0.05) is 0 Å². The predicted molar refractivity (Wildman–Crippen MR) is 162 cm³/mol. The molecule has 0 aromatic rings. The van der Waals surface area contributed by atoms with E-state index in [9.17, 15) is 0 Å². The Labute approximate surface area is 249 Å². The number of hydrogen-bond acceptors (Lipinski definition) is 12. The third-order valence-corrected chi connectivity index (χ3v) is 5.91. The minimum absolute atomic E-state index is 0.443. The summed E-state index contributed by atoms with van der Waals surface area (Å²) in [5, 5.41) is 0. The van der Waals surface area contributed by atoms with Gasteiger partial charge in [0.15, 0.2) is 0 Å². The molecule has 0 saturated carbocycles. The van der Waals surface area contributed by atoms with Gasteiger partial charge in [-0.25, -0.2) is 0 Å². The molecule has 0 aliphatic heterocycles. The van der Waals surface area contributed by atoms with Crippen LogP contribution in [0.1, 0.15) is 51.4 Å². The van der Waals surface area contributed by atoms with Crippen LogP contribution in [0.3, 0.4) is 0 Å². The molecule has 0 spiro atoms. The van der Waals surface area contributed by atoms with Gasteiger partial charge in [0.2, 0.25) is 0 Å². The fourth-order valence-corrected chi connectivity index (χ4v) is 3.61. The zero-order chi connectivity index (χ0) is 30.0. The highest BCUT2D eigenvalue weighted by molar-refractivity contribution is 4.79. The fraction of sp³-hybridized carbons (Fsp3) is 1.00. The molecule has 248 valence electrons. The van der Waals surface area contributed by atoms with E-state index in [1.807, 2.05) is 0 Å². The minimum Gasteiger partial charge on any atom is -0.381 e. The van der Waals surface area contributed by atoms with Crippen molar-refractivity contribution in [1.82, 2.24) is 0 Å². The Hall–Kier alpha value is -0.480. The summed E-state index contributed by atoms with van der Waals surface area (Å²) in [4.78, 5) is 0. The molecule has 8 N–H and O–H groups in total.